The average Bonchev–Trinajstić information content (AvgIpc) is 3.21. The van der Waals surface area contributed by atoms with Crippen molar-refractivity contribution in [2.45, 2.75) is 25.3 Å². The van der Waals surface area contributed by atoms with Crippen molar-refractivity contribution >= 4 is 10.9 Å². The predicted molar refractivity (Wildman–Crippen MR) is 67.0 cm³/mol. The third kappa shape index (κ3) is 2.12. The lowest BCUT2D eigenvalue weighted by Crippen LogP contribution is -2.22. The van der Waals surface area contributed by atoms with Crippen LogP contribution in [0.15, 0.2) is 23.0 Å². The molecule has 0 spiro atoms. The van der Waals surface area contributed by atoms with Gasteiger partial charge in [0.2, 0.25) is 0 Å². The highest BCUT2D eigenvalue weighted by atomic mass is 19.3. The summed E-state index contributed by atoms with van der Waals surface area (Å²) >= 11 is 0. The van der Waals surface area contributed by atoms with Gasteiger partial charge in [-0.05, 0) is 24.8 Å². The van der Waals surface area contributed by atoms with Gasteiger partial charge < -0.3 is 10.7 Å². The van der Waals surface area contributed by atoms with E-state index in [1.54, 1.807) is 6.07 Å². The first-order valence-corrected chi connectivity index (χ1v) is 6.14. The number of hydrogen-bond acceptors (Lipinski definition) is 3. The summed E-state index contributed by atoms with van der Waals surface area (Å²) in [6, 6.07) is 3.94. The van der Waals surface area contributed by atoms with Crippen molar-refractivity contribution in [2.24, 2.45) is 11.7 Å². The molecule has 1 fully saturated rings. The number of nitrogens with two attached hydrogens (primary N) is 1. The molecule has 4 nitrogen and oxygen atoms in total. The molecule has 1 heterocycles. The fourth-order valence-electron chi connectivity index (χ4n) is 2.25. The first kappa shape index (κ1) is 12.2. The second-order valence-electron chi connectivity index (χ2n) is 4.86. The van der Waals surface area contributed by atoms with Crippen LogP contribution >= 0.6 is 0 Å². The summed E-state index contributed by atoms with van der Waals surface area (Å²) in [7, 11) is 0. The Kier molecular flexibility index (Phi) is 2.82. The van der Waals surface area contributed by atoms with Crippen LogP contribution in [0.4, 0.5) is 8.78 Å². The van der Waals surface area contributed by atoms with Gasteiger partial charge in [-0.3, -0.25) is 4.79 Å². The Balaban J connectivity index is 2.19. The van der Waals surface area contributed by atoms with Crippen molar-refractivity contribution in [3.8, 4) is 0 Å². The maximum atomic E-state index is 12.9. The van der Waals surface area contributed by atoms with Crippen molar-refractivity contribution in [1.29, 1.82) is 0 Å². The van der Waals surface area contributed by atoms with E-state index in [-0.39, 0.29) is 22.5 Å². The Morgan fingerprint density at radius 1 is 1.37 bits per heavy atom. The van der Waals surface area contributed by atoms with Crippen LogP contribution in [0.3, 0.4) is 0 Å². The van der Waals surface area contributed by atoms with Gasteiger partial charge in [0, 0.05) is 5.56 Å². The van der Waals surface area contributed by atoms with Gasteiger partial charge >= 0.3 is 0 Å². The van der Waals surface area contributed by atoms with Crippen LogP contribution in [0.1, 0.15) is 36.7 Å². The molecular weight excluding hydrogens is 252 g/mol. The topological polar surface area (TPSA) is 71.8 Å². The van der Waals surface area contributed by atoms with Crippen LogP contribution in [0.2, 0.25) is 0 Å². The number of nitrogens with zero attached hydrogens (tertiary/aromatic N) is 1. The summed E-state index contributed by atoms with van der Waals surface area (Å²) < 4.78 is 25.7. The molecule has 1 aliphatic rings. The van der Waals surface area contributed by atoms with E-state index in [1.165, 1.54) is 12.1 Å². The molecule has 2 aromatic rings. The zero-order valence-corrected chi connectivity index (χ0v) is 10.1. The number of alkyl halides is 2. The summed E-state index contributed by atoms with van der Waals surface area (Å²) in [6.45, 7) is 0. The Morgan fingerprint density at radius 3 is 2.74 bits per heavy atom. The molecular formula is C13H13F2N3O. The fourth-order valence-corrected chi connectivity index (χ4v) is 2.25. The van der Waals surface area contributed by atoms with Crippen LogP contribution in [-0.2, 0) is 0 Å². The number of benzene rings is 1. The molecule has 19 heavy (non-hydrogen) atoms. The molecule has 3 rings (SSSR count). The van der Waals surface area contributed by atoms with Crippen molar-refractivity contribution in [3.63, 3.8) is 0 Å². The number of rotatable bonds is 3. The third-order valence-electron chi connectivity index (χ3n) is 3.46. The largest absolute Gasteiger partial charge is 0.321 e. The molecule has 0 radical (unpaired) electrons. The minimum atomic E-state index is -2.70. The van der Waals surface area contributed by atoms with Gasteiger partial charge in [-0.15, -0.1) is 0 Å². The van der Waals surface area contributed by atoms with Crippen molar-refractivity contribution in [3.05, 3.63) is 39.9 Å². The summed E-state index contributed by atoms with van der Waals surface area (Å²) in [5, 5.41) is -0.0516. The van der Waals surface area contributed by atoms with E-state index in [4.69, 9.17) is 5.73 Å². The zero-order chi connectivity index (χ0) is 13.6. The average molecular weight is 265 g/mol. The van der Waals surface area contributed by atoms with Crippen molar-refractivity contribution in [1.82, 2.24) is 9.97 Å². The molecule has 1 aliphatic carbocycles. The summed E-state index contributed by atoms with van der Waals surface area (Å²) in [5.74, 6) is 0.713. The minimum Gasteiger partial charge on any atom is -0.321 e. The number of halogens is 2. The highest BCUT2D eigenvalue weighted by Gasteiger charge is 2.31. The summed E-state index contributed by atoms with van der Waals surface area (Å²) in [6.07, 6.45) is -0.672. The normalized spacial score (nSPS) is 17.1. The van der Waals surface area contributed by atoms with Gasteiger partial charge in [-0.1, -0.05) is 12.1 Å². The Morgan fingerprint density at radius 2 is 2.11 bits per heavy atom. The second kappa shape index (κ2) is 4.38. The van der Waals surface area contributed by atoms with Crippen molar-refractivity contribution in [2.75, 3.05) is 0 Å². The number of aromatic amines is 1. The second-order valence-corrected chi connectivity index (χ2v) is 4.86. The quantitative estimate of drug-likeness (QED) is 0.894. The van der Waals surface area contributed by atoms with Crippen LogP contribution in [0.25, 0.3) is 10.9 Å². The Labute approximate surface area is 107 Å². The lowest BCUT2D eigenvalue weighted by Gasteiger charge is -2.11. The maximum absolute atomic E-state index is 12.9. The molecule has 1 saturated carbocycles. The van der Waals surface area contributed by atoms with E-state index in [0.29, 0.717) is 11.7 Å². The zero-order valence-electron chi connectivity index (χ0n) is 10.1. The standard InChI is InChI=1S/C13H13F2N3O/c14-11(15)7-2-1-3-8-9(7)13(19)18-12(17-8)10(16)6-4-5-6/h1-3,6,10-11H,4-5,16H2,(H,17,18,19). The molecule has 0 amide bonds. The van der Waals surface area contributed by atoms with Crippen LogP contribution in [0.5, 0.6) is 0 Å². The van der Waals surface area contributed by atoms with Gasteiger partial charge in [-0.25, -0.2) is 13.8 Å². The molecule has 0 bridgehead atoms. The minimum absolute atomic E-state index is 0.0516. The Bertz CT molecular complexity index is 679. The third-order valence-corrected chi connectivity index (χ3v) is 3.46. The van der Waals surface area contributed by atoms with Crippen LogP contribution in [-0.4, -0.2) is 9.97 Å². The first-order valence-electron chi connectivity index (χ1n) is 6.14. The van der Waals surface area contributed by atoms with E-state index in [0.717, 1.165) is 12.8 Å². The smallest absolute Gasteiger partial charge is 0.264 e. The molecule has 0 saturated heterocycles. The molecule has 3 N–H and O–H groups in total. The van der Waals surface area contributed by atoms with Gasteiger partial charge in [0.15, 0.2) is 0 Å². The molecule has 1 aromatic carbocycles. The predicted octanol–water partition coefficient (Wildman–Crippen LogP) is 2.27. The Hall–Kier alpha value is -1.82. The van der Waals surface area contributed by atoms with Gasteiger partial charge in [-0.2, -0.15) is 0 Å². The van der Waals surface area contributed by atoms with Crippen LogP contribution < -0.4 is 11.3 Å². The first-order chi connectivity index (χ1) is 9.08. The van der Waals surface area contributed by atoms with Gasteiger partial charge in [0.1, 0.15) is 5.82 Å². The number of hydrogen-bond donors (Lipinski definition) is 2. The molecule has 0 aliphatic heterocycles. The van der Waals surface area contributed by atoms with E-state index >= 15 is 0 Å². The SMILES string of the molecule is NC(c1nc2cccc(C(F)F)c2c(=O)[nH]1)C1CC1. The van der Waals surface area contributed by atoms with Crippen molar-refractivity contribution < 1.29 is 8.78 Å². The number of fused-ring (bicyclic) bond motifs is 1. The van der Waals surface area contributed by atoms with E-state index in [2.05, 4.69) is 9.97 Å². The number of aromatic nitrogens is 2. The molecule has 1 aromatic heterocycles. The molecule has 6 heteroatoms. The monoisotopic (exact) mass is 265 g/mol. The highest BCUT2D eigenvalue weighted by molar-refractivity contribution is 5.81. The van der Waals surface area contributed by atoms with E-state index < -0.39 is 12.0 Å². The lowest BCUT2D eigenvalue weighted by molar-refractivity contribution is 0.153. The molecule has 1 atom stereocenters. The fraction of sp³-hybridized carbons (Fsp3) is 0.385. The maximum Gasteiger partial charge on any atom is 0.264 e. The highest BCUT2D eigenvalue weighted by Crippen LogP contribution is 2.38. The number of H-pyrrole nitrogens is 1. The van der Waals surface area contributed by atoms with E-state index in [9.17, 15) is 13.6 Å². The summed E-state index contributed by atoms with van der Waals surface area (Å²) in [5.41, 5.74) is 5.41. The summed E-state index contributed by atoms with van der Waals surface area (Å²) in [4.78, 5) is 18.8. The van der Waals surface area contributed by atoms with Gasteiger partial charge in [0.05, 0.1) is 16.9 Å². The lowest BCUT2D eigenvalue weighted by atomic mass is 10.1. The molecule has 100 valence electrons. The number of nitrogens with one attached hydrogen (secondary N) is 1. The van der Waals surface area contributed by atoms with Crippen LogP contribution in [0, 0.1) is 5.92 Å². The van der Waals surface area contributed by atoms with E-state index in [1.807, 2.05) is 0 Å². The molecule has 1 unspecified atom stereocenters. The van der Waals surface area contributed by atoms with Gasteiger partial charge in [0.25, 0.3) is 12.0 Å².